The molecular weight excluding hydrogens is 285 g/mol. The fourth-order valence-corrected chi connectivity index (χ4v) is 2.51. The molecule has 1 aliphatic heterocycles. The van der Waals surface area contributed by atoms with Crippen LogP contribution in [0.2, 0.25) is 0 Å². The van der Waals surface area contributed by atoms with Gasteiger partial charge in [0.15, 0.2) is 0 Å². The van der Waals surface area contributed by atoms with E-state index >= 15 is 0 Å². The number of rotatable bonds is 3. The number of hydrogen-bond acceptors (Lipinski definition) is 2. The third kappa shape index (κ3) is 2.72. The molecule has 0 radical (unpaired) electrons. The Morgan fingerprint density at radius 3 is 2.18 bits per heavy atom. The maximum atomic E-state index is 13.0. The minimum Gasteiger partial charge on any atom is -0.399 e. The SMILES string of the molecule is CC1(C)OB(c2ccccc2/C=C/C2CC2(F)F)OC1(C)C. The van der Waals surface area contributed by atoms with Gasteiger partial charge < -0.3 is 9.31 Å². The largest absolute Gasteiger partial charge is 0.495 e. The zero-order valence-corrected chi connectivity index (χ0v) is 13.4. The van der Waals surface area contributed by atoms with Crippen molar-refractivity contribution in [3.05, 3.63) is 35.9 Å². The van der Waals surface area contributed by atoms with Crippen LogP contribution in [0.4, 0.5) is 8.78 Å². The lowest BCUT2D eigenvalue weighted by atomic mass is 9.76. The second kappa shape index (κ2) is 4.90. The summed E-state index contributed by atoms with van der Waals surface area (Å²) < 4.78 is 38.1. The van der Waals surface area contributed by atoms with Crippen LogP contribution < -0.4 is 5.46 Å². The third-order valence-corrected chi connectivity index (χ3v) is 4.89. The molecule has 0 spiro atoms. The van der Waals surface area contributed by atoms with E-state index in [2.05, 4.69) is 0 Å². The molecule has 3 rings (SSSR count). The third-order valence-electron chi connectivity index (χ3n) is 4.89. The lowest BCUT2D eigenvalue weighted by molar-refractivity contribution is 0.00578. The van der Waals surface area contributed by atoms with Gasteiger partial charge in [-0.25, -0.2) is 8.78 Å². The van der Waals surface area contributed by atoms with Crippen LogP contribution in [0.3, 0.4) is 0 Å². The molecule has 1 atom stereocenters. The first-order valence-electron chi connectivity index (χ1n) is 7.63. The van der Waals surface area contributed by atoms with E-state index in [-0.39, 0.29) is 6.42 Å². The maximum Gasteiger partial charge on any atom is 0.495 e. The highest BCUT2D eigenvalue weighted by Crippen LogP contribution is 2.49. The maximum absolute atomic E-state index is 13.0. The number of allylic oxidation sites excluding steroid dienone is 1. The van der Waals surface area contributed by atoms with Gasteiger partial charge in [-0.05, 0) is 38.7 Å². The van der Waals surface area contributed by atoms with Gasteiger partial charge in [-0.1, -0.05) is 36.4 Å². The molecule has 2 fully saturated rings. The normalized spacial score (nSPS) is 28.3. The van der Waals surface area contributed by atoms with E-state index in [1.807, 2.05) is 52.0 Å². The van der Waals surface area contributed by atoms with Gasteiger partial charge in [-0.2, -0.15) is 0 Å². The molecular formula is C17H21BF2O2. The van der Waals surface area contributed by atoms with Crippen molar-refractivity contribution in [3.8, 4) is 0 Å². The lowest BCUT2D eigenvalue weighted by Crippen LogP contribution is -2.41. The summed E-state index contributed by atoms with van der Waals surface area (Å²) >= 11 is 0. The van der Waals surface area contributed by atoms with Crippen LogP contribution >= 0.6 is 0 Å². The van der Waals surface area contributed by atoms with Crippen LogP contribution in [-0.2, 0) is 9.31 Å². The van der Waals surface area contributed by atoms with E-state index in [0.717, 1.165) is 11.0 Å². The van der Waals surface area contributed by atoms with Crippen LogP contribution in [0.15, 0.2) is 30.3 Å². The predicted octanol–water partition coefficient (Wildman–Crippen LogP) is 3.65. The number of halogens is 2. The average molecular weight is 306 g/mol. The molecule has 1 aliphatic carbocycles. The first-order valence-corrected chi connectivity index (χ1v) is 7.63. The molecule has 1 saturated carbocycles. The fourth-order valence-electron chi connectivity index (χ4n) is 2.51. The van der Waals surface area contributed by atoms with Crippen LogP contribution in [0, 0.1) is 5.92 Å². The first-order chi connectivity index (χ1) is 10.1. The van der Waals surface area contributed by atoms with Crippen LogP contribution in [-0.4, -0.2) is 24.2 Å². The molecule has 1 aromatic rings. The zero-order chi connectivity index (χ0) is 16.2. The molecule has 5 heteroatoms. The summed E-state index contributed by atoms with van der Waals surface area (Å²) in [5, 5.41) is 0. The molecule has 1 aromatic carbocycles. The summed E-state index contributed by atoms with van der Waals surface area (Å²) in [5.74, 6) is -3.17. The van der Waals surface area contributed by atoms with Gasteiger partial charge in [0, 0.05) is 12.3 Å². The number of benzene rings is 1. The molecule has 0 N–H and O–H groups in total. The van der Waals surface area contributed by atoms with Crippen LogP contribution in [0.5, 0.6) is 0 Å². The smallest absolute Gasteiger partial charge is 0.399 e. The summed E-state index contributed by atoms with van der Waals surface area (Å²) in [5.41, 5.74) is 0.904. The van der Waals surface area contributed by atoms with Crippen molar-refractivity contribution < 1.29 is 18.1 Å². The van der Waals surface area contributed by atoms with Gasteiger partial charge in [-0.15, -0.1) is 0 Å². The Hall–Kier alpha value is -1.20. The van der Waals surface area contributed by atoms with Crippen molar-refractivity contribution in [2.75, 3.05) is 0 Å². The van der Waals surface area contributed by atoms with E-state index in [1.165, 1.54) is 0 Å². The topological polar surface area (TPSA) is 18.5 Å². The van der Waals surface area contributed by atoms with Gasteiger partial charge in [0.25, 0.3) is 5.92 Å². The Morgan fingerprint density at radius 1 is 1.09 bits per heavy atom. The summed E-state index contributed by atoms with van der Waals surface area (Å²) in [4.78, 5) is 0. The van der Waals surface area contributed by atoms with E-state index in [0.29, 0.717) is 0 Å². The van der Waals surface area contributed by atoms with Gasteiger partial charge in [0.2, 0.25) is 0 Å². The predicted molar refractivity (Wildman–Crippen MR) is 84.2 cm³/mol. The molecule has 0 aromatic heterocycles. The van der Waals surface area contributed by atoms with Crippen molar-refractivity contribution in [2.45, 2.75) is 51.2 Å². The lowest BCUT2D eigenvalue weighted by Gasteiger charge is -2.32. The van der Waals surface area contributed by atoms with Crippen molar-refractivity contribution in [3.63, 3.8) is 0 Å². The first kappa shape index (κ1) is 15.7. The Kier molecular flexibility index (Phi) is 3.50. The summed E-state index contributed by atoms with van der Waals surface area (Å²) in [7, 11) is -0.481. The summed E-state index contributed by atoms with van der Waals surface area (Å²) in [6.07, 6.45) is 3.29. The van der Waals surface area contributed by atoms with Gasteiger partial charge >= 0.3 is 7.12 Å². The zero-order valence-electron chi connectivity index (χ0n) is 13.4. The van der Waals surface area contributed by atoms with Crippen LogP contribution in [0.1, 0.15) is 39.7 Å². The molecule has 2 aliphatic rings. The summed E-state index contributed by atoms with van der Waals surface area (Å²) in [6.45, 7) is 7.98. The van der Waals surface area contributed by atoms with Crippen molar-refractivity contribution in [1.29, 1.82) is 0 Å². The van der Waals surface area contributed by atoms with Crippen molar-refractivity contribution in [1.82, 2.24) is 0 Å². The monoisotopic (exact) mass is 306 g/mol. The average Bonchev–Trinajstić information content (AvgIpc) is 2.95. The van der Waals surface area contributed by atoms with E-state index in [1.54, 1.807) is 12.2 Å². The second-order valence-electron chi connectivity index (χ2n) is 7.15. The molecule has 0 amide bonds. The fraction of sp³-hybridized carbons (Fsp3) is 0.529. The standard InChI is InChI=1S/C17H21BF2O2/c1-15(2)16(3,4)22-18(21-15)14-8-6-5-7-12(14)9-10-13-11-17(13,19)20/h5-10,13H,11H2,1-4H3/b10-9+. The Morgan fingerprint density at radius 2 is 1.64 bits per heavy atom. The van der Waals surface area contributed by atoms with Gasteiger partial charge in [0.05, 0.1) is 11.2 Å². The highest BCUT2D eigenvalue weighted by molar-refractivity contribution is 6.63. The highest BCUT2D eigenvalue weighted by atomic mass is 19.3. The summed E-state index contributed by atoms with van der Waals surface area (Å²) in [6, 6.07) is 7.62. The van der Waals surface area contributed by atoms with Crippen molar-refractivity contribution >= 4 is 18.7 Å². The Bertz CT molecular complexity index is 594. The minimum absolute atomic E-state index is 0.0534. The van der Waals surface area contributed by atoms with Crippen LogP contribution in [0.25, 0.3) is 6.08 Å². The molecule has 2 nitrogen and oxygen atoms in total. The number of alkyl halides is 2. The van der Waals surface area contributed by atoms with Crippen molar-refractivity contribution in [2.24, 2.45) is 5.92 Å². The molecule has 118 valence electrons. The molecule has 1 saturated heterocycles. The molecule has 22 heavy (non-hydrogen) atoms. The number of hydrogen-bond donors (Lipinski definition) is 0. The quantitative estimate of drug-likeness (QED) is 0.794. The van der Waals surface area contributed by atoms with Gasteiger partial charge in [-0.3, -0.25) is 0 Å². The molecule has 0 bridgehead atoms. The molecule has 1 unspecified atom stereocenters. The molecule has 1 heterocycles. The van der Waals surface area contributed by atoms with E-state index < -0.39 is 30.2 Å². The Balaban J connectivity index is 1.84. The second-order valence-corrected chi connectivity index (χ2v) is 7.15. The van der Waals surface area contributed by atoms with Gasteiger partial charge in [0.1, 0.15) is 0 Å². The minimum atomic E-state index is -2.53. The highest BCUT2D eigenvalue weighted by Gasteiger charge is 2.55. The Labute approximate surface area is 130 Å². The van der Waals surface area contributed by atoms with E-state index in [4.69, 9.17) is 9.31 Å². The van der Waals surface area contributed by atoms with E-state index in [9.17, 15) is 8.78 Å².